The molecule has 19 heavy (non-hydrogen) atoms. The van der Waals surface area contributed by atoms with Crippen LogP contribution in [-0.2, 0) is 0 Å². The molecule has 2 aliphatic heterocycles. The van der Waals surface area contributed by atoms with Crippen LogP contribution in [0.2, 0.25) is 0 Å². The summed E-state index contributed by atoms with van der Waals surface area (Å²) in [6.07, 6.45) is 4.80. The monoisotopic (exact) mass is 276 g/mol. The second-order valence-electron chi connectivity index (χ2n) is 3.90. The highest BCUT2D eigenvalue weighted by atomic mass is 35.5. The number of ether oxygens (including phenoxy) is 1. The number of hydrogen-bond donors (Lipinski definition) is 1. The molecule has 2 heterocycles. The van der Waals surface area contributed by atoms with E-state index in [9.17, 15) is 0 Å². The van der Waals surface area contributed by atoms with E-state index >= 15 is 0 Å². The molecule has 6 nitrogen and oxygen atoms in total. The minimum absolute atomic E-state index is 0.249. The van der Waals surface area contributed by atoms with Crippen LogP contribution >= 0.6 is 11.8 Å². The molecule has 1 aromatic rings. The van der Waals surface area contributed by atoms with Crippen LogP contribution < -0.4 is 10.1 Å². The number of anilines is 1. The zero-order chi connectivity index (χ0) is 13.3. The Morgan fingerprint density at radius 3 is 2.95 bits per heavy atom. The van der Waals surface area contributed by atoms with Crippen molar-refractivity contribution in [2.75, 3.05) is 12.4 Å². The Kier molecular flexibility index (Phi) is 2.81. The number of para-hydroxylation sites is 2. The molecule has 0 saturated carbocycles. The van der Waals surface area contributed by atoms with Crippen molar-refractivity contribution in [3.8, 4) is 5.75 Å². The third-order valence-electron chi connectivity index (χ3n) is 2.68. The second kappa shape index (κ2) is 4.49. The number of quaternary nitrogens is 1. The van der Waals surface area contributed by atoms with Crippen LogP contribution in [0, 0.1) is 0 Å². The highest BCUT2D eigenvalue weighted by Crippen LogP contribution is 2.27. The lowest BCUT2D eigenvalue weighted by atomic mass is 10.3. The molecular weight excluding hydrogens is 266 g/mol. The summed E-state index contributed by atoms with van der Waals surface area (Å²) < 4.78 is 5.01. The lowest BCUT2D eigenvalue weighted by Gasteiger charge is -2.12. The van der Waals surface area contributed by atoms with E-state index in [0.29, 0.717) is 17.5 Å². The van der Waals surface area contributed by atoms with E-state index in [2.05, 4.69) is 20.4 Å². The second-order valence-corrected chi connectivity index (χ2v) is 4.41. The fraction of sp³-hybridized carbons (Fsp3) is 0.0833. The number of nitrogens with zero attached hydrogens (tertiary/aromatic N) is 4. The largest absolute Gasteiger partial charge is 0.495 e. The Hall–Kier alpha value is -2.18. The van der Waals surface area contributed by atoms with Gasteiger partial charge < -0.3 is 10.1 Å². The van der Waals surface area contributed by atoms with Gasteiger partial charge in [-0.1, -0.05) is 12.1 Å². The molecule has 0 fully saturated rings. The van der Waals surface area contributed by atoms with Crippen LogP contribution in [0.4, 0.5) is 5.69 Å². The van der Waals surface area contributed by atoms with Gasteiger partial charge in [-0.25, -0.2) is 0 Å². The number of amidine groups is 1. The highest BCUT2D eigenvalue weighted by molar-refractivity contribution is 6.36. The summed E-state index contributed by atoms with van der Waals surface area (Å²) in [6.45, 7) is 0. The zero-order valence-corrected chi connectivity index (χ0v) is 10.9. The van der Waals surface area contributed by atoms with Crippen LogP contribution in [0.5, 0.6) is 5.75 Å². The molecule has 1 aromatic carbocycles. The average Bonchev–Trinajstić information content (AvgIpc) is 2.75. The van der Waals surface area contributed by atoms with Gasteiger partial charge in [0.15, 0.2) is 6.20 Å². The number of rotatable bonds is 2. The highest BCUT2D eigenvalue weighted by Gasteiger charge is 2.39. The van der Waals surface area contributed by atoms with Crippen LogP contribution in [-0.4, -0.2) is 29.2 Å². The minimum Gasteiger partial charge on any atom is -0.495 e. The summed E-state index contributed by atoms with van der Waals surface area (Å²) in [5.74, 6) is 1.66. The first kappa shape index (κ1) is 11.9. The van der Waals surface area contributed by atoms with Crippen molar-refractivity contribution in [3.63, 3.8) is 0 Å². The van der Waals surface area contributed by atoms with Gasteiger partial charge in [0.1, 0.15) is 12.0 Å². The van der Waals surface area contributed by atoms with Crippen molar-refractivity contribution in [1.82, 2.24) is 0 Å². The normalized spacial score (nSPS) is 23.7. The summed E-state index contributed by atoms with van der Waals surface area (Å²) >= 11 is 6.28. The summed E-state index contributed by atoms with van der Waals surface area (Å²) in [6, 6.07) is 7.51. The maximum atomic E-state index is 6.28. The molecule has 0 radical (unpaired) electrons. The van der Waals surface area contributed by atoms with Crippen molar-refractivity contribution in [1.29, 1.82) is 0 Å². The van der Waals surface area contributed by atoms with E-state index in [1.807, 2.05) is 24.3 Å². The van der Waals surface area contributed by atoms with Crippen molar-refractivity contribution < 1.29 is 8.85 Å². The maximum absolute atomic E-state index is 6.28. The van der Waals surface area contributed by atoms with Gasteiger partial charge in [0.2, 0.25) is 11.8 Å². The van der Waals surface area contributed by atoms with Crippen molar-refractivity contribution in [2.24, 2.45) is 15.1 Å². The molecule has 3 rings (SSSR count). The molecule has 2 aliphatic rings. The molecule has 0 spiro atoms. The van der Waals surface area contributed by atoms with Crippen LogP contribution in [0.1, 0.15) is 0 Å². The number of fused-ring (bicyclic) bond motifs is 1. The van der Waals surface area contributed by atoms with Gasteiger partial charge >= 0.3 is 0 Å². The first-order valence-corrected chi connectivity index (χ1v) is 5.94. The summed E-state index contributed by atoms with van der Waals surface area (Å²) in [4.78, 5) is 8.27. The fourth-order valence-corrected chi connectivity index (χ4v) is 1.97. The number of halogens is 1. The van der Waals surface area contributed by atoms with Gasteiger partial charge in [-0.15, -0.1) is 4.99 Å². The van der Waals surface area contributed by atoms with Crippen molar-refractivity contribution >= 4 is 35.5 Å². The third kappa shape index (κ3) is 2.11. The van der Waals surface area contributed by atoms with Gasteiger partial charge in [0, 0.05) is 0 Å². The smallest absolute Gasteiger partial charge is 0.300 e. The SMILES string of the molecule is COc1ccccc1NC1=N[N+]2(Cl)C=CN=CC2=N1. The number of nitrogens with one attached hydrogen (secondary N) is 1. The first-order chi connectivity index (χ1) is 9.21. The molecule has 1 unspecified atom stereocenters. The minimum atomic E-state index is -0.249. The summed E-state index contributed by atoms with van der Waals surface area (Å²) in [5, 5.41) is 7.37. The van der Waals surface area contributed by atoms with E-state index in [1.54, 1.807) is 25.7 Å². The van der Waals surface area contributed by atoms with Crippen LogP contribution in [0.15, 0.2) is 51.8 Å². The summed E-state index contributed by atoms with van der Waals surface area (Å²) in [5.41, 5.74) is 0.775. The Balaban J connectivity index is 1.90. The molecule has 96 valence electrons. The van der Waals surface area contributed by atoms with E-state index in [1.165, 1.54) is 0 Å². The Morgan fingerprint density at radius 1 is 1.32 bits per heavy atom. The Bertz CT molecular complexity index is 637. The zero-order valence-electron chi connectivity index (χ0n) is 10.1. The predicted octanol–water partition coefficient (Wildman–Crippen LogP) is 2.32. The lowest BCUT2D eigenvalue weighted by Crippen LogP contribution is -2.33. The topological polar surface area (TPSA) is 58.3 Å². The average molecular weight is 277 g/mol. The van der Waals surface area contributed by atoms with Gasteiger partial charge in [-0.2, -0.15) is 0 Å². The number of benzene rings is 1. The van der Waals surface area contributed by atoms with Gasteiger partial charge in [0.05, 0.1) is 19.0 Å². The molecule has 0 aromatic heterocycles. The summed E-state index contributed by atoms with van der Waals surface area (Å²) in [7, 11) is 1.61. The first-order valence-electron chi connectivity index (χ1n) is 5.60. The van der Waals surface area contributed by atoms with E-state index in [4.69, 9.17) is 16.5 Å². The maximum Gasteiger partial charge on any atom is 0.300 e. The van der Waals surface area contributed by atoms with Crippen molar-refractivity contribution in [3.05, 3.63) is 36.7 Å². The molecule has 1 N–H and O–H groups in total. The predicted molar refractivity (Wildman–Crippen MR) is 75.2 cm³/mol. The van der Waals surface area contributed by atoms with Crippen LogP contribution in [0.25, 0.3) is 0 Å². The lowest BCUT2D eigenvalue weighted by molar-refractivity contribution is -0.659. The fourth-order valence-electron chi connectivity index (χ4n) is 1.77. The number of aliphatic imine (C=N–C) groups is 2. The molecule has 0 amide bonds. The number of guanidine groups is 1. The van der Waals surface area contributed by atoms with Gasteiger partial charge in [-0.3, -0.25) is 4.99 Å². The van der Waals surface area contributed by atoms with E-state index in [0.717, 1.165) is 5.69 Å². The van der Waals surface area contributed by atoms with Gasteiger partial charge in [-0.05, 0) is 21.3 Å². The Labute approximate surface area is 115 Å². The number of methoxy groups -OCH3 is 1. The van der Waals surface area contributed by atoms with Crippen LogP contribution in [0.3, 0.4) is 0 Å². The molecule has 0 bridgehead atoms. The molecule has 0 saturated heterocycles. The molecular formula is C12H11ClN5O+. The molecule has 7 heteroatoms. The quantitative estimate of drug-likeness (QED) is 0.843. The molecule has 0 aliphatic carbocycles. The number of hydrogen-bond acceptors (Lipinski definition) is 5. The molecule has 1 atom stereocenters. The third-order valence-corrected chi connectivity index (χ3v) is 3.04. The van der Waals surface area contributed by atoms with E-state index in [-0.39, 0.29) is 4.11 Å². The standard InChI is InChI=1S/C12H11ClN5O/c1-19-10-5-3-2-4-9(10)15-12-16-11-8-14-6-7-18(11,13)17-12/h2-8H,1H3,(H,15,17)/q+1. The van der Waals surface area contributed by atoms with Gasteiger partial charge in [0.25, 0.3) is 11.8 Å². The van der Waals surface area contributed by atoms with Crippen molar-refractivity contribution in [2.45, 2.75) is 0 Å². The Morgan fingerprint density at radius 2 is 2.16 bits per heavy atom. The van der Waals surface area contributed by atoms with E-state index < -0.39 is 0 Å².